The number of imidazole rings is 1. The monoisotopic (exact) mass is 339 g/mol. The van der Waals surface area contributed by atoms with Crippen molar-refractivity contribution < 1.29 is 14.3 Å². The first-order valence-corrected chi connectivity index (χ1v) is 8.19. The van der Waals surface area contributed by atoms with E-state index in [0.29, 0.717) is 12.3 Å². The number of carbonyl (C=O) groups is 1. The Morgan fingerprint density at radius 1 is 1.12 bits per heavy atom. The van der Waals surface area contributed by atoms with Crippen molar-refractivity contribution in [3.8, 4) is 11.5 Å². The van der Waals surface area contributed by atoms with Gasteiger partial charge in [-0.2, -0.15) is 0 Å². The second-order valence-corrected chi connectivity index (χ2v) is 5.59. The third kappa shape index (κ3) is 4.50. The summed E-state index contributed by atoms with van der Waals surface area (Å²) in [5, 5.41) is 2.86. The highest BCUT2D eigenvalue weighted by Crippen LogP contribution is 2.16. The Labute approximate surface area is 146 Å². The molecule has 0 unspecified atom stereocenters. The Hall–Kier alpha value is -3.02. The normalized spacial score (nSPS) is 10.6. The van der Waals surface area contributed by atoms with Crippen LogP contribution in [-0.2, 0) is 11.3 Å². The first-order chi connectivity index (χ1) is 12.3. The van der Waals surface area contributed by atoms with Crippen LogP contribution in [0.5, 0.6) is 11.5 Å². The first kappa shape index (κ1) is 16.8. The van der Waals surface area contributed by atoms with Crippen molar-refractivity contribution in [3.05, 3.63) is 54.9 Å². The predicted octanol–water partition coefficient (Wildman–Crippen LogP) is 2.63. The molecule has 0 aliphatic heterocycles. The Morgan fingerprint density at radius 2 is 1.88 bits per heavy atom. The molecule has 6 heteroatoms. The summed E-state index contributed by atoms with van der Waals surface area (Å²) < 4.78 is 12.6. The number of amides is 1. The van der Waals surface area contributed by atoms with Crippen LogP contribution in [-0.4, -0.2) is 35.7 Å². The third-order valence-electron chi connectivity index (χ3n) is 3.85. The second kappa shape index (κ2) is 8.19. The summed E-state index contributed by atoms with van der Waals surface area (Å²) >= 11 is 0. The van der Waals surface area contributed by atoms with Crippen LogP contribution in [0.2, 0.25) is 0 Å². The topological polar surface area (TPSA) is 65.4 Å². The lowest BCUT2D eigenvalue weighted by Crippen LogP contribution is -2.30. The van der Waals surface area contributed by atoms with Crippen molar-refractivity contribution >= 4 is 16.9 Å². The van der Waals surface area contributed by atoms with Gasteiger partial charge < -0.3 is 19.4 Å². The second-order valence-electron chi connectivity index (χ2n) is 5.59. The number of methoxy groups -OCH3 is 1. The Bertz CT molecular complexity index is 827. The van der Waals surface area contributed by atoms with Crippen molar-refractivity contribution in [1.82, 2.24) is 14.9 Å². The number of nitrogens with one attached hydrogen (secondary N) is 1. The number of carbonyl (C=O) groups excluding carboxylic acids is 1. The van der Waals surface area contributed by atoms with Gasteiger partial charge in [-0.25, -0.2) is 4.98 Å². The average Bonchev–Trinajstić information content (AvgIpc) is 3.07. The summed E-state index contributed by atoms with van der Waals surface area (Å²) in [7, 11) is 1.61. The molecule has 0 fully saturated rings. The van der Waals surface area contributed by atoms with Crippen molar-refractivity contribution in [3.63, 3.8) is 0 Å². The number of benzene rings is 2. The van der Waals surface area contributed by atoms with Crippen LogP contribution in [0.15, 0.2) is 54.9 Å². The quantitative estimate of drug-likeness (QED) is 0.641. The molecule has 1 aromatic heterocycles. The van der Waals surface area contributed by atoms with Gasteiger partial charge in [0.25, 0.3) is 5.91 Å². The van der Waals surface area contributed by atoms with Crippen LogP contribution in [0.4, 0.5) is 0 Å². The van der Waals surface area contributed by atoms with E-state index < -0.39 is 0 Å². The van der Waals surface area contributed by atoms with Crippen molar-refractivity contribution in [2.75, 3.05) is 20.3 Å². The van der Waals surface area contributed by atoms with Crippen molar-refractivity contribution in [2.24, 2.45) is 0 Å². The maximum absolute atomic E-state index is 11.8. The fourth-order valence-corrected chi connectivity index (χ4v) is 2.54. The lowest BCUT2D eigenvalue weighted by atomic mass is 10.3. The number of fused-ring (bicyclic) bond motifs is 1. The molecule has 3 aromatic rings. The maximum atomic E-state index is 11.8. The molecule has 0 saturated heterocycles. The van der Waals surface area contributed by atoms with E-state index in [4.69, 9.17) is 9.47 Å². The number of hydrogen-bond acceptors (Lipinski definition) is 4. The minimum atomic E-state index is -0.133. The van der Waals surface area contributed by atoms with E-state index in [1.165, 1.54) is 0 Å². The van der Waals surface area contributed by atoms with Gasteiger partial charge in [-0.3, -0.25) is 4.79 Å². The van der Waals surface area contributed by atoms with Crippen LogP contribution < -0.4 is 14.8 Å². The SMILES string of the molecule is COc1ccc(OCC(=O)NCCCn2cnc3ccccc32)cc1. The summed E-state index contributed by atoms with van der Waals surface area (Å²) in [6, 6.07) is 15.1. The summed E-state index contributed by atoms with van der Waals surface area (Å²) in [5.41, 5.74) is 2.09. The fourth-order valence-electron chi connectivity index (χ4n) is 2.54. The molecule has 2 aromatic carbocycles. The molecule has 130 valence electrons. The number of ether oxygens (including phenoxy) is 2. The molecule has 0 aliphatic rings. The number of hydrogen-bond donors (Lipinski definition) is 1. The molecule has 0 spiro atoms. The molecule has 0 atom stereocenters. The standard InChI is InChI=1S/C19H21N3O3/c1-24-15-7-9-16(10-8-15)25-13-19(23)20-11-4-12-22-14-21-17-5-2-3-6-18(17)22/h2-3,5-10,14H,4,11-13H2,1H3,(H,20,23). The molecule has 0 radical (unpaired) electrons. The molecule has 1 N–H and O–H groups in total. The molecule has 1 heterocycles. The van der Waals surface area contributed by atoms with E-state index in [1.54, 1.807) is 31.4 Å². The number of nitrogens with zero attached hydrogens (tertiary/aromatic N) is 2. The molecule has 0 saturated carbocycles. The smallest absolute Gasteiger partial charge is 0.257 e. The minimum Gasteiger partial charge on any atom is -0.497 e. The van der Waals surface area contributed by atoms with E-state index in [9.17, 15) is 4.79 Å². The van der Waals surface area contributed by atoms with Crippen LogP contribution in [0.25, 0.3) is 11.0 Å². The average molecular weight is 339 g/mol. The van der Waals surface area contributed by atoms with Crippen molar-refractivity contribution in [2.45, 2.75) is 13.0 Å². The molecule has 3 rings (SSSR count). The minimum absolute atomic E-state index is 0.000332. The highest BCUT2D eigenvalue weighted by Gasteiger charge is 2.04. The molecular weight excluding hydrogens is 318 g/mol. The lowest BCUT2D eigenvalue weighted by Gasteiger charge is -2.08. The third-order valence-corrected chi connectivity index (χ3v) is 3.85. The molecule has 1 amide bonds. The highest BCUT2D eigenvalue weighted by atomic mass is 16.5. The zero-order valence-corrected chi connectivity index (χ0v) is 14.1. The molecular formula is C19H21N3O3. The van der Waals surface area contributed by atoms with Gasteiger partial charge in [-0.15, -0.1) is 0 Å². The lowest BCUT2D eigenvalue weighted by molar-refractivity contribution is -0.123. The molecule has 25 heavy (non-hydrogen) atoms. The predicted molar refractivity (Wildman–Crippen MR) is 95.8 cm³/mol. The molecule has 0 aliphatic carbocycles. The van der Waals surface area contributed by atoms with Gasteiger partial charge >= 0.3 is 0 Å². The number of para-hydroxylation sites is 2. The zero-order chi connectivity index (χ0) is 17.5. The van der Waals surface area contributed by atoms with Gasteiger partial charge in [0.2, 0.25) is 0 Å². The number of aromatic nitrogens is 2. The Balaban J connectivity index is 1.37. The zero-order valence-electron chi connectivity index (χ0n) is 14.1. The summed E-state index contributed by atoms with van der Waals surface area (Å²) in [5.74, 6) is 1.26. The largest absolute Gasteiger partial charge is 0.497 e. The Morgan fingerprint density at radius 3 is 2.68 bits per heavy atom. The van der Waals surface area contributed by atoms with E-state index in [-0.39, 0.29) is 12.5 Å². The van der Waals surface area contributed by atoms with Gasteiger partial charge in [-0.05, 0) is 42.8 Å². The highest BCUT2D eigenvalue weighted by molar-refractivity contribution is 5.77. The van der Waals surface area contributed by atoms with Gasteiger partial charge in [0.15, 0.2) is 6.61 Å². The number of aryl methyl sites for hydroxylation is 1. The van der Waals surface area contributed by atoms with E-state index in [2.05, 4.69) is 14.9 Å². The van der Waals surface area contributed by atoms with Crippen molar-refractivity contribution in [1.29, 1.82) is 0 Å². The van der Waals surface area contributed by atoms with E-state index >= 15 is 0 Å². The van der Waals surface area contributed by atoms with E-state index in [1.807, 2.05) is 30.6 Å². The maximum Gasteiger partial charge on any atom is 0.257 e. The summed E-state index contributed by atoms with van der Waals surface area (Å²) in [6.07, 6.45) is 2.66. The van der Waals surface area contributed by atoms with Gasteiger partial charge in [0.05, 0.1) is 24.5 Å². The Kier molecular flexibility index (Phi) is 5.51. The molecule has 0 bridgehead atoms. The first-order valence-electron chi connectivity index (χ1n) is 8.19. The van der Waals surface area contributed by atoms with Gasteiger partial charge in [-0.1, -0.05) is 12.1 Å². The van der Waals surface area contributed by atoms with E-state index in [0.717, 1.165) is 29.7 Å². The number of rotatable bonds is 8. The van der Waals surface area contributed by atoms with Crippen LogP contribution >= 0.6 is 0 Å². The van der Waals surface area contributed by atoms with Gasteiger partial charge in [0.1, 0.15) is 11.5 Å². The van der Waals surface area contributed by atoms with Crippen LogP contribution in [0.3, 0.4) is 0 Å². The van der Waals surface area contributed by atoms with Gasteiger partial charge in [0, 0.05) is 13.1 Å². The summed E-state index contributed by atoms with van der Waals surface area (Å²) in [6.45, 7) is 1.40. The van der Waals surface area contributed by atoms with Crippen LogP contribution in [0, 0.1) is 0 Å². The molecule has 6 nitrogen and oxygen atoms in total. The summed E-state index contributed by atoms with van der Waals surface area (Å²) in [4.78, 5) is 16.2. The van der Waals surface area contributed by atoms with Crippen LogP contribution in [0.1, 0.15) is 6.42 Å². The fraction of sp³-hybridized carbons (Fsp3) is 0.263.